The number of anilines is 1. The van der Waals surface area contributed by atoms with E-state index in [1.54, 1.807) is 23.6 Å². The molecular weight excluding hydrogens is 232 g/mol. The van der Waals surface area contributed by atoms with Crippen molar-refractivity contribution in [1.82, 2.24) is 9.97 Å². The van der Waals surface area contributed by atoms with Crippen LogP contribution in [0.25, 0.3) is 0 Å². The zero-order chi connectivity index (χ0) is 12.1. The molecule has 0 fully saturated rings. The lowest BCUT2D eigenvalue weighted by atomic mass is 10.3. The van der Waals surface area contributed by atoms with Gasteiger partial charge in [0.05, 0.1) is 18.4 Å². The maximum Gasteiger partial charge on any atom is 0.140 e. The van der Waals surface area contributed by atoms with E-state index >= 15 is 0 Å². The molecule has 0 aromatic carbocycles. The summed E-state index contributed by atoms with van der Waals surface area (Å²) in [6, 6.07) is 5.53. The van der Waals surface area contributed by atoms with Crippen LogP contribution in [0.2, 0.25) is 0 Å². The van der Waals surface area contributed by atoms with Crippen LogP contribution in [0.3, 0.4) is 0 Å². The zero-order valence-electron chi connectivity index (χ0n) is 9.47. The van der Waals surface area contributed by atoms with Gasteiger partial charge in [-0.15, -0.1) is 11.3 Å². The summed E-state index contributed by atoms with van der Waals surface area (Å²) in [5, 5.41) is 12.9. The Balaban J connectivity index is 1.95. The van der Waals surface area contributed by atoms with Crippen LogP contribution in [-0.4, -0.2) is 9.97 Å². The smallest absolute Gasteiger partial charge is 0.140 e. The average molecular weight is 244 g/mol. The Morgan fingerprint density at radius 2 is 2.24 bits per heavy atom. The van der Waals surface area contributed by atoms with Crippen LogP contribution in [0.4, 0.5) is 5.69 Å². The molecule has 0 aliphatic rings. The molecule has 2 aromatic heterocycles. The van der Waals surface area contributed by atoms with Crippen molar-refractivity contribution in [2.24, 2.45) is 0 Å². The number of nitriles is 1. The van der Waals surface area contributed by atoms with Gasteiger partial charge in [-0.1, -0.05) is 6.92 Å². The molecule has 0 saturated heterocycles. The van der Waals surface area contributed by atoms with E-state index in [0.717, 1.165) is 17.1 Å². The van der Waals surface area contributed by atoms with Crippen LogP contribution in [-0.2, 0) is 13.0 Å². The van der Waals surface area contributed by atoms with E-state index in [4.69, 9.17) is 5.26 Å². The summed E-state index contributed by atoms with van der Waals surface area (Å²) in [4.78, 5) is 9.60. The third kappa shape index (κ3) is 3.02. The molecule has 0 aliphatic carbocycles. The first-order valence-corrected chi connectivity index (χ1v) is 6.17. The van der Waals surface area contributed by atoms with Crippen molar-refractivity contribution in [3.63, 3.8) is 0 Å². The Hall–Kier alpha value is -1.93. The molecule has 2 heterocycles. The van der Waals surface area contributed by atoms with Crippen LogP contribution >= 0.6 is 11.3 Å². The Bertz CT molecular complexity index is 524. The lowest BCUT2D eigenvalue weighted by molar-refractivity contribution is 1.09. The predicted molar refractivity (Wildman–Crippen MR) is 67.8 cm³/mol. The van der Waals surface area contributed by atoms with Gasteiger partial charge in [0.2, 0.25) is 0 Å². The van der Waals surface area contributed by atoms with Gasteiger partial charge in [-0.05, 0) is 18.6 Å². The minimum Gasteiger partial charge on any atom is -0.377 e. The molecule has 2 rings (SSSR count). The maximum absolute atomic E-state index is 8.63. The number of thiazole rings is 1. The molecule has 0 spiro atoms. The molecule has 5 heteroatoms. The molecular formula is C12H12N4S. The molecule has 1 N–H and O–H groups in total. The first-order chi connectivity index (χ1) is 8.31. The van der Waals surface area contributed by atoms with Gasteiger partial charge in [0.1, 0.15) is 16.8 Å². The number of aryl methyl sites for hydroxylation is 1. The fourth-order valence-corrected chi connectivity index (χ4v) is 2.14. The number of rotatable bonds is 4. The molecule has 0 atom stereocenters. The minimum absolute atomic E-state index is 0.429. The number of pyridine rings is 1. The quantitative estimate of drug-likeness (QED) is 0.898. The molecule has 0 saturated carbocycles. The number of hydrogen-bond donors (Lipinski definition) is 1. The van der Waals surface area contributed by atoms with Crippen molar-refractivity contribution in [2.75, 3.05) is 5.32 Å². The second-order valence-electron chi connectivity index (χ2n) is 3.47. The van der Waals surface area contributed by atoms with Crippen molar-refractivity contribution in [1.29, 1.82) is 5.26 Å². The summed E-state index contributed by atoms with van der Waals surface area (Å²) < 4.78 is 0. The number of nitrogens with one attached hydrogen (secondary N) is 1. The SMILES string of the molecule is CCc1cnc(CNc2ccc(C#N)nc2)s1. The lowest BCUT2D eigenvalue weighted by Gasteiger charge is -2.02. The largest absolute Gasteiger partial charge is 0.377 e. The van der Waals surface area contributed by atoms with E-state index in [9.17, 15) is 0 Å². The normalized spacial score (nSPS) is 9.88. The Morgan fingerprint density at radius 3 is 2.82 bits per heavy atom. The van der Waals surface area contributed by atoms with Crippen molar-refractivity contribution in [2.45, 2.75) is 19.9 Å². The topological polar surface area (TPSA) is 61.6 Å². The summed E-state index contributed by atoms with van der Waals surface area (Å²) in [5.74, 6) is 0. The van der Waals surface area contributed by atoms with E-state index in [1.165, 1.54) is 4.88 Å². The van der Waals surface area contributed by atoms with E-state index in [1.807, 2.05) is 18.3 Å². The van der Waals surface area contributed by atoms with E-state index in [0.29, 0.717) is 12.2 Å². The van der Waals surface area contributed by atoms with Crippen LogP contribution in [0.5, 0.6) is 0 Å². The van der Waals surface area contributed by atoms with Crippen LogP contribution in [0.1, 0.15) is 22.5 Å². The molecule has 0 bridgehead atoms. The highest BCUT2D eigenvalue weighted by molar-refractivity contribution is 7.11. The highest BCUT2D eigenvalue weighted by atomic mass is 32.1. The molecule has 4 nitrogen and oxygen atoms in total. The van der Waals surface area contributed by atoms with Crippen LogP contribution in [0, 0.1) is 11.3 Å². The second-order valence-corrected chi connectivity index (χ2v) is 4.67. The van der Waals surface area contributed by atoms with Gasteiger partial charge in [-0.3, -0.25) is 0 Å². The van der Waals surface area contributed by atoms with Gasteiger partial charge in [0.25, 0.3) is 0 Å². The van der Waals surface area contributed by atoms with E-state index < -0.39 is 0 Å². The Kier molecular flexibility index (Phi) is 3.68. The zero-order valence-corrected chi connectivity index (χ0v) is 10.3. The monoisotopic (exact) mass is 244 g/mol. The third-order valence-electron chi connectivity index (χ3n) is 2.27. The summed E-state index contributed by atoms with van der Waals surface area (Å²) in [6.07, 6.45) is 4.60. The molecule has 0 aliphatic heterocycles. The van der Waals surface area contributed by atoms with Crippen molar-refractivity contribution in [3.05, 3.63) is 40.1 Å². The fraction of sp³-hybridized carbons (Fsp3) is 0.250. The first kappa shape index (κ1) is 11.6. The summed E-state index contributed by atoms with van der Waals surface area (Å²) in [5.41, 5.74) is 1.33. The minimum atomic E-state index is 0.429. The number of hydrogen-bond acceptors (Lipinski definition) is 5. The van der Waals surface area contributed by atoms with Crippen molar-refractivity contribution < 1.29 is 0 Å². The predicted octanol–water partition coefficient (Wildman–Crippen LogP) is 2.58. The summed E-state index contributed by atoms with van der Waals surface area (Å²) >= 11 is 1.71. The van der Waals surface area contributed by atoms with Crippen LogP contribution in [0.15, 0.2) is 24.5 Å². The summed E-state index contributed by atoms with van der Waals surface area (Å²) in [7, 11) is 0. The van der Waals surface area contributed by atoms with Gasteiger partial charge in [-0.2, -0.15) is 5.26 Å². The number of aromatic nitrogens is 2. The Morgan fingerprint density at radius 1 is 1.35 bits per heavy atom. The highest BCUT2D eigenvalue weighted by Gasteiger charge is 2.00. The highest BCUT2D eigenvalue weighted by Crippen LogP contribution is 2.15. The first-order valence-electron chi connectivity index (χ1n) is 5.35. The molecule has 2 aromatic rings. The third-order valence-corrected chi connectivity index (χ3v) is 3.41. The fourth-order valence-electron chi connectivity index (χ4n) is 1.34. The standard InChI is InChI=1S/C12H12N4S/c1-2-11-7-16-12(17-11)8-15-10-4-3-9(5-13)14-6-10/h3-4,6-7,15H,2,8H2,1H3. The van der Waals surface area contributed by atoms with Crippen LogP contribution < -0.4 is 5.32 Å². The lowest BCUT2D eigenvalue weighted by Crippen LogP contribution is -1.99. The second kappa shape index (κ2) is 5.41. The molecule has 0 unspecified atom stereocenters. The Labute approximate surface area is 104 Å². The van der Waals surface area contributed by atoms with Crippen molar-refractivity contribution >= 4 is 17.0 Å². The molecule has 86 valence electrons. The van der Waals surface area contributed by atoms with Gasteiger partial charge >= 0.3 is 0 Å². The molecule has 0 amide bonds. The average Bonchev–Trinajstić information content (AvgIpc) is 2.85. The van der Waals surface area contributed by atoms with Gasteiger partial charge in [0.15, 0.2) is 0 Å². The number of nitrogens with zero attached hydrogens (tertiary/aromatic N) is 3. The summed E-state index contributed by atoms with van der Waals surface area (Å²) in [6.45, 7) is 2.81. The van der Waals surface area contributed by atoms with Gasteiger partial charge < -0.3 is 5.32 Å². The van der Waals surface area contributed by atoms with Gasteiger partial charge in [-0.25, -0.2) is 9.97 Å². The molecule has 17 heavy (non-hydrogen) atoms. The maximum atomic E-state index is 8.63. The molecule has 0 radical (unpaired) electrons. The van der Waals surface area contributed by atoms with E-state index in [2.05, 4.69) is 22.2 Å². The van der Waals surface area contributed by atoms with Gasteiger partial charge in [0, 0.05) is 11.1 Å². The van der Waals surface area contributed by atoms with Crippen molar-refractivity contribution in [3.8, 4) is 6.07 Å². The van der Waals surface area contributed by atoms with E-state index in [-0.39, 0.29) is 0 Å².